The molecule has 98 valence electrons. The number of nitrogens with zero attached hydrogens (tertiary/aromatic N) is 1. The average molecular weight is 243 g/mol. The Kier molecular flexibility index (Phi) is 8.05. The number of hydrogen-bond acceptors (Lipinski definition) is 3. The number of carbonyl (C=O) groups excluding carboxylic acids is 1. The van der Waals surface area contributed by atoms with Gasteiger partial charge in [-0.1, -0.05) is 13.0 Å². The second-order valence-electron chi connectivity index (χ2n) is 4.03. The van der Waals surface area contributed by atoms with Gasteiger partial charge in [-0.25, -0.2) is 0 Å². The Morgan fingerprint density at radius 3 is 2.59 bits per heavy atom. The number of carbonyl (C=O) groups is 2. The lowest BCUT2D eigenvalue weighted by molar-refractivity contribution is -0.138. The van der Waals surface area contributed by atoms with E-state index in [1.165, 1.54) is 0 Å². The van der Waals surface area contributed by atoms with E-state index < -0.39 is 5.97 Å². The van der Waals surface area contributed by atoms with Gasteiger partial charge in [0.2, 0.25) is 5.91 Å². The van der Waals surface area contributed by atoms with E-state index >= 15 is 0 Å². The molecule has 0 radical (unpaired) electrons. The lowest BCUT2D eigenvalue weighted by atomic mass is 10.0. The van der Waals surface area contributed by atoms with Gasteiger partial charge < -0.3 is 14.7 Å². The van der Waals surface area contributed by atoms with Gasteiger partial charge >= 0.3 is 5.97 Å². The number of ether oxygens (including phenoxy) is 1. The van der Waals surface area contributed by atoms with Crippen molar-refractivity contribution in [3.63, 3.8) is 0 Å². The fourth-order valence-electron chi connectivity index (χ4n) is 1.47. The van der Waals surface area contributed by atoms with Gasteiger partial charge in [-0.3, -0.25) is 9.59 Å². The van der Waals surface area contributed by atoms with Crippen molar-refractivity contribution in [2.75, 3.05) is 26.8 Å². The van der Waals surface area contributed by atoms with Crippen LogP contribution in [-0.4, -0.2) is 48.7 Å². The van der Waals surface area contributed by atoms with E-state index in [2.05, 4.69) is 6.58 Å². The van der Waals surface area contributed by atoms with Gasteiger partial charge in [0.05, 0.1) is 6.61 Å². The minimum Gasteiger partial charge on any atom is -0.481 e. The van der Waals surface area contributed by atoms with Gasteiger partial charge in [-0.2, -0.15) is 0 Å². The SMILES string of the molecule is C=CCN(CCOC)C(=O)CC(C)CC(=O)O. The van der Waals surface area contributed by atoms with Gasteiger partial charge in [0.15, 0.2) is 0 Å². The molecule has 0 aromatic rings. The molecule has 0 aliphatic carbocycles. The second-order valence-corrected chi connectivity index (χ2v) is 4.03. The Balaban J connectivity index is 4.20. The van der Waals surface area contributed by atoms with Gasteiger partial charge in [0, 0.05) is 33.0 Å². The zero-order valence-electron chi connectivity index (χ0n) is 10.5. The van der Waals surface area contributed by atoms with E-state index in [0.717, 1.165) is 0 Å². The molecule has 1 amide bonds. The summed E-state index contributed by atoms with van der Waals surface area (Å²) in [5.41, 5.74) is 0. The first-order valence-electron chi connectivity index (χ1n) is 5.60. The van der Waals surface area contributed by atoms with Crippen molar-refractivity contribution in [3.05, 3.63) is 12.7 Å². The third-order valence-corrected chi connectivity index (χ3v) is 2.31. The lowest BCUT2D eigenvalue weighted by Gasteiger charge is -2.22. The lowest BCUT2D eigenvalue weighted by Crippen LogP contribution is -2.35. The minimum atomic E-state index is -0.877. The highest BCUT2D eigenvalue weighted by Gasteiger charge is 2.17. The van der Waals surface area contributed by atoms with Crippen LogP contribution in [0.3, 0.4) is 0 Å². The summed E-state index contributed by atoms with van der Waals surface area (Å²) >= 11 is 0. The summed E-state index contributed by atoms with van der Waals surface area (Å²) in [7, 11) is 1.57. The molecule has 0 aliphatic heterocycles. The fraction of sp³-hybridized carbons (Fsp3) is 0.667. The molecule has 0 saturated carbocycles. The number of methoxy groups -OCH3 is 1. The molecule has 5 nitrogen and oxygen atoms in total. The van der Waals surface area contributed by atoms with Crippen molar-refractivity contribution in [2.24, 2.45) is 5.92 Å². The van der Waals surface area contributed by atoms with Crippen molar-refractivity contribution < 1.29 is 19.4 Å². The van der Waals surface area contributed by atoms with Crippen molar-refractivity contribution in [3.8, 4) is 0 Å². The number of carboxylic acid groups (broad SMARTS) is 1. The third-order valence-electron chi connectivity index (χ3n) is 2.31. The summed E-state index contributed by atoms with van der Waals surface area (Å²) in [6, 6.07) is 0. The maximum atomic E-state index is 11.9. The maximum absolute atomic E-state index is 11.9. The van der Waals surface area contributed by atoms with Gasteiger partial charge in [-0.15, -0.1) is 6.58 Å². The van der Waals surface area contributed by atoms with Crippen molar-refractivity contribution in [1.29, 1.82) is 0 Å². The van der Waals surface area contributed by atoms with Gasteiger partial charge in [-0.05, 0) is 5.92 Å². The van der Waals surface area contributed by atoms with Gasteiger partial charge in [0.1, 0.15) is 0 Å². The van der Waals surface area contributed by atoms with Crippen LogP contribution in [-0.2, 0) is 14.3 Å². The van der Waals surface area contributed by atoms with Crippen LogP contribution in [0.15, 0.2) is 12.7 Å². The summed E-state index contributed by atoms with van der Waals surface area (Å²) in [5, 5.41) is 8.62. The second kappa shape index (κ2) is 8.75. The van der Waals surface area contributed by atoms with Crippen molar-refractivity contribution >= 4 is 11.9 Å². The number of aliphatic carboxylic acids is 1. The largest absolute Gasteiger partial charge is 0.481 e. The predicted molar refractivity (Wildman–Crippen MR) is 64.7 cm³/mol. The summed E-state index contributed by atoms with van der Waals surface area (Å²) in [6.45, 7) is 6.77. The molecular weight excluding hydrogens is 222 g/mol. The molecule has 1 atom stereocenters. The Labute approximate surface area is 102 Å². The predicted octanol–water partition coefficient (Wildman–Crippen LogP) is 1.15. The number of rotatable bonds is 9. The summed E-state index contributed by atoms with van der Waals surface area (Å²) < 4.78 is 4.92. The molecule has 5 heteroatoms. The third kappa shape index (κ3) is 7.52. The first kappa shape index (κ1) is 15.6. The first-order valence-corrected chi connectivity index (χ1v) is 5.60. The molecule has 17 heavy (non-hydrogen) atoms. The van der Waals surface area contributed by atoms with Crippen LogP contribution in [0, 0.1) is 5.92 Å². The highest BCUT2D eigenvalue weighted by molar-refractivity contribution is 5.77. The van der Waals surface area contributed by atoms with Crippen LogP contribution in [0.25, 0.3) is 0 Å². The zero-order chi connectivity index (χ0) is 13.3. The van der Waals surface area contributed by atoms with Crippen LogP contribution in [0.4, 0.5) is 0 Å². The maximum Gasteiger partial charge on any atom is 0.303 e. The molecule has 1 unspecified atom stereocenters. The summed E-state index contributed by atoms with van der Waals surface area (Å²) in [5.74, 6) is -1.09. The molecule has 1 N–H and O–H groups in total. The smallest absolute Gasteiger partial charge is 0.303 e. The quantitative estimate of drug-likeness (QED) is 0.617. The molecule has 0 rings (SSSR count). The van der Waals surface area contributed by atoms with Gasteiger partial charge in [0.25, 0.3) is 0 Å². The molecule has 0 aromatic heterocycles. The van der Waals surface area contributed by atoms with Crippen molar-refractivity contribution in [2.45, 2.75) is 19.8 Å². The van der Waals surface area contributed by atoms with E-state index in [-0.39, 0.29) is 24.7 Å². The normalized spacial score (nSPS) is 11.9. The zero-order valence-corrected chi connectivity index (χ0v) is 10.5. The van der Waals surface area contributed by atoms with E-state index in [4.69, 9.17) is 9.84 Å². The molecule has 0 aliphatic rings. The van der Waals surface area contributed by atoms with Crippen LogP contribution in [0.2, 0.25) is 0 Å². The first-order chi connectivity index (χ1) is 8.01. The number of hydrogen-bond donors (Lipinski definition) is 1. The Morgan fingerprint density at radius 1 is 1.47 bits per heavy atom. The Hall–Kier alpha value is -1.36. The van der Waals surface area contributed by atoms with E-state index in [0.29, 0.717) is 19.7 Å². The topological polar surface area (TPSA) is 66.8 Å². The summed E-state index contributed by atoms with van der Waals surface area (Å²) in [4.78, 5) is 24.0. The van der Waals surface area contributed by atoms with E-state index in [1.54, 1.807) is 25.0 Å². The molecule has 0 aromatic carbocycles. The summed E-state index contributed by atoms with van der Waals surface area (Å²) in [6.07, 6.45) is 1.90. The number of carboxylic acids is 1. The number of amides is 1. The van der Waals surface area contributed by atoms with Crippen LogP contribution in [0.1, 0.15) is 19.8 Å². The van der Waals surface area contributed by atoms with Crippen LogP contribution in [0.5, 0.6) is 0 Å². The van der Waals surface area contributed by atoms with Crippen LogP contribution >= 0.6 is 0 Å². The average Bonchev–Trinajstić information content (AvgIpc) is 2.22. The van der Waals surface area contributed by atoms with Crippen LogP contribution < -0.4 is 0 Å². The molecule has 0 bridgehead atoms. The standard InChI is InChI=1S/C12H21NO4/c1-4-5-13(6-7-17-3)11(14)8-10(2)9-12(15)16/h4,10H,1,5-9H2,2-3H3,(H,15,16). The molecule has 0 saturated heterocycles. The highest BCUT2D eigenvalue weighted by Crippen LogP contribution is 2.10. The van der Waals surface area contributed by atoms with Crippen molar-refractivity contribution in [1.82, 2.24) is 4.90 Å². The Bertz CT molecular complexity index is 265. The molecular formula is C12H21NO4. The molecule has 0 fully saturated rings. The molecule has 0 spiro atoms. The van der Waals surface area contributed by atoms with E-state index in [9.17, 15) is 9.59 Å². The molecule has 0 heterocycles. The monoisotopic (exact) mass is 243 g/mol. The fourth-order valence-corrected chi connectivity index (χ4v) is 1.47. The Morgan fingerprint density at radius 2 is 2.12 bits per heavy atom. The highest BCUT2D eigenvalue weighted by atomic mass is 16.5. The minimum absolute atomic E-state index is 0.0119. The van der Waals surface area contributed by atoms with E-state index in [1.807, 2.05) is 0 Å².